The van der Waals surface area contributed by atoms with Gasteiger partial charge < -0.3 is 29.9 Å². The molecular weight excluding hydrogens is 256 g/mol. The van der Waals surface area contributed by atoms with Gasteiger partial charge in [-0.05, 0) is 6.42 Å². The molecule has 0 bridgehead atoms. The summed E-state index contributed by atoms with van der Waals surface area (Å²) in [6.07, 6.45) is -2.69. The summed E-state index contributed by atoms with van der Waals surface area (Å²) in [5, 5.41) is 37.6. The van der Waals surface area contributed by atoms with Crippen molar-refractivity contribution in [1.29, 1.82) is 0 Å². The minimum atomic E-state index is -1.57. The standard InChI is InChI=1S/C12H20O7/c1-2-3-4-5-8(14)19-12-11(17)10(16)9(15)7(6-13)18-12/h4-5,7,9-13,15-17H,2-3,6H2,1H3/t7-,9-,10+,11-,12+/m1/s1. The molecule has 0 saturated carbocycles. The van der Waals surface area contributed by atoms with E-state index in [4.69, 9.17) is 14.6 Å². The maximum Gasteiger partial charge on any atom is 0.332 e. The number of rotatable bonds is 5. The number of hydrogen-bond donors (Lipinski definition) is 4. The molecule has 0 aromatic heterocycles. The van der Waals surface area contributed by atoms with E-state index < -0.39 is 43.3 Å². The third kappa shape index (κ3) is 4.26. The summed E-state index contributed by atoms with van der Waals surface area (Å²) in [5.74, 6) is -0.724. The highest BCUT2D eigenvalue weighted by Crippen LogP contribution is 2.22. The van der Waals surface area contributed by atoms with Crippen molar-refractivity contribution in [2.45, 2.75) is 50.5 Å². The number of aliphatic hydroxyl groups is 4. The fourth-order valence-corrected chi connectivity index (χ4v) is 1.66. The topological polar surface area (TPSA) is 116 Å². The van der Waals surface area contributed by atoms with E-state index in [0.29, 0.717) is 6.42 Å². The van der Waals surface area contributed by atoms with Gasteiger partial charge in [-0.1, -0.05) is 19.4 Å². The molecule has 110 valence electrons. The average Bonchev–Trinajstić information content (AvgIpc) is 2.39. The minimum absolute atomic E-state index is 0.565. The summed E-state index contributed by atoms with van der Waals surface area (Å²) < 4.78 is 9.84. The maximum atomic E-state index is 11.4. The van der Waals surface area contributed by atoms with Crippen LogP contribution in [-0.4, -0.2) is 63.7 Å². The number of unbranched alkanes of at least 4 members (excludes halogenated alkanes) is 1. The molecule has 19 heavy (non-hydrogen) atoms. The third-order valence-electron chi connectivity index (χ3n) is 2.79. The normalized spacial score (nSPS) is 35.5. The zero-order valence-electron chi connectivity index (χ0n) is 10.7. The zero-order valence-corrected chi connectivity index (χ0v) is 10.7. The predicted octanol–water partition coefficient (Wildman–Crippen LogP) is -1.31. The summed E-state index contributed by atoms with van der Waals surface area (Å²) in [5.41, 5.74) is 0. The van der Waals surface area contributed by atoms with Gasteiger partial charge in [0.15, 0.2) is 0 Å². The van der Waals surface area contributed by atoms with Crippen LogP contribution < -0.4 is 0 Å². The summed E-state index contributed by atoms with van der Waals surface area (Å²) in [6.45, 7) is 1.39. The van der Waals surface area contributed by atoms with Gasteiger partial charge in [-0.15, -0.1) is 0 Å². The van der Waals surface area contributed by atoms with Crippen LogP contribution in [0.1, 0.15) is 19.8 Å². The van der Waals surface area contributed by atoms with Gasteiger partial charge in [0.05, 0.1) is 6.61 Å². The number of hydrogen-bond acceptors (Lipinski definition) is 7. The third-order valence-corrected chi connectivity index (χ3v) is 2.79. The Morgan fingerprint density at radius 1 is 1.26 bits per heavy atom. The van der Waals surface area contributed by atoms with Gasteiger partial charge in [0.2, 0.25) is 6.29 Å². The lowest BCUT2D eigenvalue weighted by Crippen LogP contribution is -2.59. The van der Waals surface area contributed by atoms with Crippen LogP contribution in [0.2, 0.25) is 0 Å². The molecule has 0 aliphatic carbocycles. The molecule has 7 nitrogen and oxygen atoms in total. The Morgan fingerprint density at radius 2 is 1.95 bits per heavy atom. The van der Waals surface area contributed by atoms with Crippen molar-refractivity contribution in [2.75, 3.05) is 6.61 Å². The molecule has 0 aromatic carbocycles. The fraction of sp³-hybridized carbons (Fsp3) is 0.750. The fourth-order valence-electron chi connectivity index (χ4n) is 1.66. The molecule has 1 rings (SSSR count). The number of ether oxygens (including phenoxy) is 2. The summed E-state index contributed by atoms with van der Waals surface area (Å²) >= 11 is 0. The van der Waals surface area contributed by atoms with Crippen molar-refractivity contribution in [1.82, 2.24) is 0 Å². The van der Waals surface area contributed by atoms with Crippen molar-refractivity contribution < 1.29 is 34.7 Å². The second-order valence-electron chi connectivity index (χ2n) is 4.33. The molecule has 4 N–H and O–H groups in total. The molecule has 1 saturated heterocycles. The molecule has 0 radical (unpaired) electrons. The second kappa shape index (κ2) is 7.56. The van der Waals surface area contributed by atoms with E-state index in [9.17, 15) is 20.1 Å². The van der Waals surface area contributed by atoms with Crippen molar-refractivity contribution >= 4 is 5.97 Å². The molecule has 5 atom stereocenters. The van der Waals surface area contributed by atoms with Gasteiger partial charge in [0.25, 0.3) is 0 Å². The molecule has 1 aliphatic rings. The van der Waals surface area contributed by atoms with E-state index in [1.807, 2.05) is 6.92 Å². The highest BCUT2D eigenvalue weighted by molar-refractivity contribution is 5.81. The second-order valence-corrected chi connectivity index (χ2v) is 4.33. The van der Waals surface area contributed by atoms with E-state index >= 15 is 0 Å². The number of aliphatic hydroxyl groups excluding tert-OH is 4. The summed E-state index contributed by atoms with van der Waals surface area (Å²) in [4.78, 5) is 11.4. The van der Waals surface area contributed by atoms with Crippen molar-refractivity contribution in [2.24, 2.45) is 0 Å². The lowest BCUT2D eigenvalue weighted by atomic mass is 9.99. The smallest absolute Gasteiger partial charge is 0.332 e. The van der Waals surface area contributed by atoms with Gasteiger partial charge >= 0.3 is 5.97 Å². The lowest BCUT2D eigenvalue weighted by Gasteiger charge is -2.38. The largest absolute Gasteiger partial charge is 0.430 e. The monoisotopic (exact) mass is 276 g/mol. The van der Waals surface area contributed by atoms with Crippen molar-refractivity contribution in [3.05, 3.63) is 12.2 Å². The number of allylic oxidation sites excluding steroid dienone is 1. The van der Waals surface area contributed by atoms with Crippen LogP contribution in [-0.2, 0) is 14.3 Å². The quantitative estimate of drug-likeness (QED) is 0.364. The summed E-state index contributed by atoms with van der Waals surface area (Å²) in [6, 6.07) is 0. The lowest BCUT2D eigenvalue weighted by molar-refractivity contribution is -0.291. The Labute approximate surface area is 111 Å². The molecule has 0 amide bonds. The first kappa shape index (κ1) is 16.1. The molecule has 1 heterocycles. The first-order valence-corrected chi connectivity index (χ1v) is 6.19. The van der Waals surface area contributed by atoms with E-state index in [-0.39, 0.29) is 0 Å². The first-order valence-electron chi connectivity index (χ1n) is 6.19. The zero-order chi connectivity index (χ0) is 14.4. The van der Waals surface area contributed by atoms with Gasteiger partial charge in [-0.2, -0.15) is 0 Å². The van der Waals surface area contributed by atoms with E-state index in [2.05, 4.69) is 0 Å². The van der Waals surface area contributed by atoms with Gasteiger partial charge in [-0.25, -0.2) is 4.79 Å². The van der Waals surface area contributed by atoms with E-state index in [1.54, 1.807) is 6.08 Å². The van der Waals surface area contributed by atoms with Crippen LogP contribution in [0.5, 0.6) is 0 Å². The van der Waals surface area contributed by atoms with Crippen LogP contribution in [0, 0.1) is 0 Å². The Balaban J connectivity index is 2.59. The van der Waals surface area contributed by atoms with Gasteiger partial charge in [0, 0.05) is 6.08 Å². The van der Waals surface area contributed by atoms with E-state index in [0.717, 1.165) is 6.42 Å². The van der Waals surface area contributed by atoms with E-state index in [1.165, 1.54) is 6.08 Å². The van der Waals surface area contributed by atoms with Gasteiger partial charge in [-0.3, -0.25) is 0 Å². The highest BCUT2D eigenvalue weighted by atomic mass is 16.7. The molecule has 1 fully saturated rings. The van der Waals surface area contributed by atoms with Crippen molar-refractivity contribution in [3.63, 3.8) is 0 Å². The van der Waals surface area contributed by atoms with Crippen LogP contribution in [0.4, 0.5) is 0 Å². The molecule has 0 aromatic rings. The molecule has 7 heteroatoms. The van der Waals surface area contributed by atoms with Crippen molar-refractivity contribution in [3.8, 4) is 0 Å². The predicted molar refractivity (Wildman–Crippen MR) is 63.9 cm³/mol. The van der Waals surface area contributed by atoms with Crippen LogP contribution in [0.3, 0.4) is 0 Å². The minimum Gasteiger partial charge on any atom is -0.430 e. The Morgan fingerprint density at radius 3 is 2.53 bits per heavy atom. The molecular formula is C12H20O7. The van der Waals surface area contributed by atoms with Crippen LogP contribution in [0.25, 0.3) is 0 Å². The first-order chi connectivity index (χ1) is 9.01. The number of carbonyl (C=O) groups excluding carboxylic acids is 1. The highest BCUT2D eigenvalue weighted by Gasteiger charge is 2.45. The van der Waals surface area contributed by atoms with Gasteiger partial charge in [0.1, 0.15) is 24.4 Å². The Kier molecular flexibility index (Phi) is 6.40. The molecule has 1 aliphatic heterocycles. The Bertz CT molecular complexity index is 315. The maximum absolute atomic E-state index is 11.4. The number of carbonyl (C=O) groups is 1. The van der Waals surface area contributed by atoms with Crippen LogP contribution in [0.15, 0.2) is 12.2 Å². The molecule has 0 spiro atoms. The summed E-state index contributed by atoms with van der Waals surface area (Å²) in [7, 11) is 0. The average molecular weight is 276 g/mol. The number of esters is 1. The Hall–Kier alpha value is -0.990. The SMILES string of the molecule is CCCC=CC(=O)O[C@@H]1O[C@H](CO)[C@@H](O)[C@H](O)[C@H]1O. The molecule has 0 unspecified atom stereocenters. The van der Waals surface area contributed by atoms with Crippen LogP contribution >= 0.6 is 0 Å².